The van der Waals surface area contributed by atoms with Gasteiger partial charge < -0.3 is 15.4 Å². The van der Waals surface area contributed by atoms with Gasteiger partial charge in [-0.2, -0.15) is 13.2 Å². The van der Waals surface area contributed by atoms with Crippen LogP contribution in [-0.2, 0) is 11.3 Å². The number of piperidine rings is 1. The van der Waals surface area contributed by atoms with Crippen LogP contribution >= 0.6 is 11.8 Å². The van der Waals surface area contributed by atoms with Gasteiger partial charge >= 0.3 is 6.18 Å². The number of amides is 1. The monoisotopic (exact) mass is 348 g/mol. The van der Waals surface area contributed by atoms with E-state index in [1.165, 1.54) is 0 Å². The van der Waals surface area contributed by atoms with Crippen LogP contribution in [0, 0.1) is 0 Å². The molecular weight excluding hydrogens is 329 g/mol. The lowest BCUT2D eigenvalue weighted by Crippen LogP contribution is -2.56. The summed E-state index contributed by atoms with van der Waals surface area (Å²) in [6, 6.07) is 3.30. The number of methoxy groups -OCH3 is 1. The van der Waals surface area contributed by atoms with Gasteiger partial charge in [0.2, 0.25) is 5.91 Å². The first-order valence-corrected chi connectivity index (χ1v) is 8.39. The summed E-state index contributed by atoms with van der Waals surface area (Å²) < 4.78 is 43.0. The molecule has 0 bridgehead atoms. The van der Waals surface area contributed by atoms with E-state index in [1.807, 2.05) is 29.8 Å². The second kappa shape index (κ2) is 7.44. The summed E-state index contributed by atoms with van der Waals surface area (Å²) in [5.41, 5.74) is 0.945. The molecule has 0 radical (unpaired) electrons. The van der Waals surface area contributed by atoms with Crippen LogP contribution in [0.15, 0.2) is 23.1 Å². The van der Waals surface area contributed by atoms with Crippen molar-refractivity contribution in [2.75, 3.05) is 13.4 Å². The van der Waals surface area contributed by atoms with Gasteiger partial charge in [0.05, 0.1) is 13.2 Å². The Morgan fingerprint density at radius 3 is 2.70 bits per heavy atom. The minimum absolute atomic E-state index is 0.106. The van der Waals surface area contributed by atoms with Crippen molar-refractivity contribution < 1.29 is 22.7 Å². The minimum atomic E-state index is -4.39. The van der Waals surface area contributed by atoms with E-state index in [0.717, 1.165) is 16.2 Å². The van der Waals surface area contributed by atoms with Crippen molar-refractivity contribution in [3.8, 4) is 5.75 Å². The summed E-state index contributed by atoms with van der Waals surface area (Å²) in [6.07, 6.45) is -2.39. The van der Waals surface area contributed by atoms with Gasteiger partial charge in [0.25, 0.3) is 0 Å². The van der Waals surface area contributed by atoms with Crippen molar-refractivity contribution in [2.24, 2.45) is 0 Å². The number of hydrogen-bond acceptors (Lipinski definition) is 4. The Labute approximate surface area is 137 Å². The standard InChI is InChI=1S/C15H19F3N2O2S/c1-22-11-5-3-9(7-12(11)23-2)8-19-10-4-6-13(15(16,17)18)20-14(10)21/h3,5,7,10,13,19H,4,6,8H2,1-2H3,(H,20,21)/t10-,13-/m1/s1. The smallest absolute Gasteiger partial charge is 0.408 e. The summed E-state index contributed by atoms with van der Waals surface area (Å²) in [6.45, 7) is 0.409. The van der Waals surface area contributed by atoms with E-state index in [-0.39, 0.29) is 12.8 Å². The molecule has 1 aliphatic rings. The predicted molar refractivity (Wildman–Crippen MR) is 82.6 cm³/mol. The maximum Gasteiger partial charge on any atom is 0.408 e. The van der Waals surface area contributed by atoms with Gasteiger partial charge in [0, 0.05) is 11.4 Å². The molecule has 1 heterocycles. The van der Waals surface area contributed by atoms with Crippen molar-refractivity contribution in [1.82, 2.24) is 10.6 Å². The van der Waals surface area contributed by atoms with E-state index >= 15 is 0 Å². The van der Waals surface area contributed by atoms with Gasteiger partial charge in [0.15, 0.2) is 0 Å². The number of carbonyl (C=O) groups excluding carboxylic acids is 1. The molecule has 1 aliphatic heterocycles. The third-order valence-corrected chi connectivity index (χ3v) is 4.53. The fourth-order valence-electron chi connectivity index (χ4n) is 2.48. The van der Waals surface area contributed by atoms with Crippen LogP contribution in [-0.4, -0.2) is 37.5 Å². The molecule has 1 amide bonds. The molecule has 0 spiro atoms. The molecule has 23 heavy (non-hydrogen) atoms. The molecule has 1 saturated heterocycles. The second-order valence-electron chi connectivity index (χ2n) is 5.30. The summed E-state index contributed by atoms with van der Waals surface area (Å²) in [7, 11) is 1.59. The van der Waals surface area contributed by atoms with Crippen molar-refractivity contribution in [3.05, 3.63) is 23.8 Å². The largest absolute Gasteiger partial charge is 0.496 e. The third-order valence-electron chi connectivity index (χ3n) is 3.77. The molecule has 128 valence electrons. The van der Waals surface area contributed by atoms with E-state index < -0.39 is 24.2 Å². The van der Waals surface area contributed by atoms with Crippen LogP contribution < -0.4 is 15.4 Å². The molecule has 1 aromatic rings. The first-order chi connectivity index (χ1) is 10.8. The Morgan fingerprint density at radius 2 is 2.13 bits per heavy atom. The molecular formula is C15H19F3N2O2S. The highest BCUT2D eigenvalue weighted by atomic mass is 32.2. The van der Waals surface area contributed by atoms with Gasteiger partial charge in [-0.25, -0.2) is 0 Å². The number of hydrogen-bond donors (Lipinski definition) is 2. The number of halogens is 3. The summed E-state index contributed by atoms with van der Waals surface area (Å²) in [5, 5.41) is 5.05. The van der Waals surface area contributed by atoms with E-state index in [4.69, 9.17) is 4.74 Å². The quantitative estimate of drug-likeness (QED) is 0.804. The number of rotatable bonds is 5. The van der Waals surface area contributed by atoms with E-state index in [1.54, 1.807) is 18.9 Å². The van der Waals surface area contributed by atoms with Gasteiger partial charge in [0.1, 0.15) is 11.8 Å². The van der Waals surface area contributed by atoms with Crippen LogP contribution in [0.1, 0.15) is 18.4 Å². The topological polar surface area (TPSA) is 50.4 Å². The van der Waals surface area contributed by atoms with Crippen molar-refractivity contribution >= 4 is 17.7 Å². The Morgan fingerprint density at radius 1 is 1.39 bits per heavy atom. The Balaban J connectivity index is 1.93. The summed E-state index contributed by atoms with van der Waals surface area (Å²) >= 11 is 1.54. The van der Waals surface area contributed by atoms with Crippen LogP contribution in [0.3, 0.4) is 0 Å². The number of ether oxygens (including phenoxy) is 1. The van der Waals surface area contributed by atoms with Gasteiger partial charge in [-0.3, -0.25) is 4.79 Å². The highest BCUT2D eigenvalue weighted by Gasteiger charge is 2.44. The second-order valence-corrected chi connectivity index (χ2v) is 6.15. The lowest BCUT2D eigenvalue weighted by molar-refractivity contribution is -0.168. The fraction of sp³-hybridized carbons (Fsp3) is 0.533. The van der Waals surface area contributed by atoms with Gasteiger partial charge in [-0.05, 0) is 36.8 Å². The third kappa shape index (κ3) is 4.54. The zero-order chi connectivity index (χ0) is 17.0. The lowest BCUT2D eigenvalue weighted by Gasteiger charge is -2.31. The maximum absolute atomic E-state index is 12.6. The highest BCUT2D eigenvalue weighted by molar-refractivity contribution is 7.98. The summed E-state index contributed by atoms with van der Waals surface area (Å²) in [5.74, 6) is 0.168. The Kier molecular flexibility index (Phi) is 5.80. The van der Waals surface area contributed by atoms with Crippen molar-refractivity contribution in [3.63, 3.8) is 0 Å². The SMILES string of the molecule is COc1ccc(CN[C@@H]2CC[C@H](C(F)(F)F)NC2=O)cc1SC. The molecule has 1 fully saturated rings. The van der Waals surface area contributed by atoms with E-state index in [2.05, 4.69) is 5.32 Å². The number of benzene rings is 1. The molecule has 1 aromatic carbocycles. The fourth-order valence-corrected chi connectivity index (χ4v) is 3.10. The van der Waals surface area contributed by atoms with Crippen LogP contribution in [0.2, 0.25) is 0 Å². The molecule has 0 saturated carbocycles. The number of carbonyl (C=O) groups is 1. The first kappa shape index (κ1) is 17.9. The maximum atomic E-state index is 12.6. The normalized spacial score (nSPS) is 21.9. The molecule has 2 N–H and O–H groups in total. The number of nitrogens with one attached hydrogen (secondary N) is 2. The zero-order valence-corrected chi connectivity index (χ0v) is 13.7. The average Bonchev–Trinajstić information content (AvgIpc) is 2.52. The minimum Gasteiger partial charge on any atom is -0.496 e. The highest BCUT2D eigenvalue weighted by Crippen LogP contribution is 2.29. The molecule has 2 rings (SSSR count). The molecule has 2 atom stereocenters. The molecule has 4 nitrogen and oxygen atoms in total. The number of thioether (sulfide) groups is 1. The van der Waals surface area contributed by atoms with Crippen molar-refractivity contribution in [1.29, 1.82) is 0 Å². The van der Waals surface area contributed by atoms with Gasteiger partial charge in [-0.1, -0.05) is 6.07 Å². The van der Waals surface area contributed by atoms with E-state index in [9.17, 15) is 18.0 Å². The van der Waals surface area contributed by atoms with Gasteiger partial charge in [-0.15, -0.1) is 11.8 Å². The lowest BCUT2D eigenvalue weighted by atomic mass is 9.99. The van der Waals surface area contributed by atoms with E-state index in [0.29, 0.717) is 6.54 Å². The van der Waals surface area contributed by atoms with Crippen molar-refractivity contribution in [2.45, 2.75) is 42.5 Å². The van der Waals surface area contributed by atoms with Crippen LogP contribution in [0.25, 0.3) is 0 Å². The Bertz CT molecular complexity index is 566. The molecule has 0 unspecified atom stereocenters. The summed E-state index contributed by atoms with van der Waals surface area (Å²) in [4.78, 5) is 12.8. The van der Waals surface area contributed by atoms with Crippen LogP contribution in [0.5, 0.6) is 5.75 Å². The molecule has 0 aliphatic carbocycles. The predicted octanol–water partition coefficient (Wildman–Crippen LogP) is 2.72. The Hall–Kier alpha value is -1.41. The molecule has 8 heteroatoms. The number of alkyl halides is 3. The first-order valence-electron chi connectivity index (χ1n) is 7.16. The average molecular weight is 348 g/mol. The van der Waals surface area contributed by atoms with Crippen LogP contribution in [0.4, 0.5) is 13.2 Å². The molecule has 0 aromatic heterocycles. The zero-order valence-electron chi connectivity index (χ0n) is 12.9.